The van der Waals surface area contributed by atoms with Crippen LogP contribution >= 0.6 is 0 Å². The van der Waals surface area contributed by atoms with E-state index >= 15 is 0 Å². The maximum Gasteiger partial charge on any atom is 0.313 e. The van der Waals surface area contributed by atoms with Crippen molar-refractivity contribution in [2.24, 2.45) is 11.8 Å². The fourth-order valence-electron chi connectivity index (χ4n) is 7.20. The Kier molecular flexibility index (Phi) is 9.34. The molecule has 6 rings (SSSR count). The average molecular weight is 630 g/mol. The van der Waals surface area contributed by atoms with Crippen LogP contribution in [0.15, 0.2) is 85.0 Å². The van der Waals surface area contributed by atoms with Gasteiger partial charge >= 0.3 is 5.97 Å². The Morgan fingerprint density at radius 1 is 1.00 bits per heavy atom. The largest absolute Gasteiger partial charge is 0.455 e. The van der Waals surface area contributed by atoms with Crippen LogP contribution in [0.4, 0.5) is 0 Å². The number of fused-ring (bicyclic) bond motifs is 2. The second-order valence-corrected chi connectivity index (χ2v) is 12.1. The highest BCUT2D eigenvalue weighted by molar-refractivity contribution is 5.99. The van der Waals surface area contributed by atoms with Crippen LogP contribution in [0.1, 0.15) is 30.1 Å². The summed E-state index contributed by atoms with van der Waals surface area (Å²) in [5.41, 5.74) is 0.133. The Hall–Kier alpha value is -4.32. The van der Waals surface area contributed by atoms with Crippen molar-refractivity contribution < 1.29 is 38.5 Å². The molecule has 242 valence electrons. The Bertz CT molecular complexity index is 1500. The predicted octanol–water partition coefficient (Wildman–Crippen LogP) is 1.92. The van der Waals surface area contributed by atoms with Gasteiger partial charge < -0.3 is 34.4 Å². The van der Waals surface area contributed by atoms with Gasteiger partial charge in [0.15, 0.2) is 0 Å². The Morgan fingerprint density at radius 2 is 1.74 bits per heavy atom. The van der Waals surface area contributed by atoms with Gasteiger partial charge in [0.1, 0.15) is 23.7 Å². The molecule has 0 aliphatic carbocycles. The zero-order valence-electron chi connectivity index (χ0n) is 25.7. The monoisotopic (exact) mass is 629 g/mol. The number of cyclic esters (lactones) is 1. The first kappa shape index (κ1) is 31.7. The number of hydrogen-bond donors (Lipinski definition) is 2. The number of carbonyl (C=O) groups excluding carboxylic acids is 4. The molecule has 5 bridgehead atoms. The van der Waals surface area contributed by atoms with Crippen molar-refractivity contribution in [2.45, 2.75) is 49.3 Å². The van der Waals surface area contributed by atoms with Crippen molar-refractivity contribution in [1.82, 2.24) is 15.1 Å². The van der Waals surface area contributed by atoms with Crippen LogP contribution in [0, 0.1) is 11.8 Å². The summed E-state index contributed by atoms with van der Waals surface area (Å²) < 4.78 is 18.1. The van der Waals surface area contributed by atoms with E-state index in [-0.39, 0.29) is 51.1 Å². The van der Waals surface area contributed by atoms with Gasteiger partial charge in [0.2, 0.25) is 17.7 Å². The summed E-state index contributed by atoms with van der Waals surface area (Å²) in [4.78, 5) is 59.0. The molecular formula is C35H39N3O8. The van der Waals surface area contributed by atoms with Crippen LogP contribution < -0.4 is 5.32 Å². The number of methoxy groups -OCH3 is 1. The van der Waals surface area contributed by atoms with E-state index < -0.39 is 53.6 Å². The van der Waals surface area contributed by atoms with Gasteiger partial charge in [0.05, 0.1) is 31.3 Å². The topological polar surface area (TPSA) is 135 Å². The molecule has 0 aromatic heterocycles. The number of rotatable bonds is 7. The summed E-state index contributed by atoms with van der Waals surface area (Å²) in [5, 5.41) is 13.0. The van der Waals surface area contributed by atoms with Crippen molar-refractivity contribution in [2.75, 3.05) is 33.4 Å². The Labute approximate surface area is 267 Å². The van der Waals surface area contributed by atoms with E-state index in [1.165, 1.54) is 12.0 Å². The molecule has 7 atom stereocenters. The maximum absolute atomic E-state index is 14.6. The van der Waals surface area contributed by atoms with E-state index in [0.717, 1.165) is 5.56 Å². The van der Waals surface area contributed by atoms with E-state index in [2.05, 4.69) is 5.32 Å². The van der Waals surface area contributed by atoms with Gasteiger partial charge in [-0.05, 0) is 17.5 Å². The molecular weight excluding hydrogens is 590 g/mol. The first-order valence-electron chi connectivity index (χ1n) is 15.7. The predicted molar refractivity (Wildman–Crippen MR) is 166 cm³/mol. The number of ether oxygens (including phenoxy) is 3. The summed E-state index contributed by atoms with van der Waals surface area (Å²) in [6, 6.07) is 16.8. The van der Waals surface area contributed by atoms with Gasteiger partial charge in [-0.25, -0.2) is 0 Å². The Morgan fingerprint density at radius 3 is 2.46 bits per heavy atom. The molecule has 3 amide bonds. The molecule has 4 heterocycles. The number of β-amino-alcohol motifs (C(OH)–C–C–N with tert-alkyl or cyclic N) is 1. The lowest BCUT2D eigenvalue weighted by atomic mass is 9.74. The van der Waals surface area contributed by atoms with Crippen molar-refractivity contribution in [1.29, 1.82) is 0 Å². The Balaban J connectivity index is 1.42. The fourth-order valence-corrected chi connectivity index (χ4v) is 7.20. The zero-order valence-corrected chi connectivity index (χ0v) is 25.7. The van der Waals surface area contributed by atoms with Gasteiger partial charge in [-0.1, -0.05) is 85.0 Å². The quantitative estimate of drug-likeness (QED) is 0.351. The SMILES string of the molecule is COC[C@@H]1NC(=O)CC/C=C\CN(Cc2ccccc2)C(=O)[C@H]2N(CCO)C(=O)[C@@H]3[C@@H](C(=O)O[C@H]1c1ccccc1)[C@H]1C=C[C@]32O1. The number of allylic oxidation sites excluding steroid dienone is 1. The lowest BCUT2D eigenvalue weighted by Crippen LogP contribution is -2.56. The molecule has 0 saturated carbocycles. The highest BCUT2D eigenvalue weighted by atomic mass is 16.6. The number of hydrogen-bond acceptors (Lipinski definition) is 8. The van der Waals surface area contributed by atoms with Crippen LogP contribution in [-0.4, -0.2) is 95.8 Å². The minimum atomic E-state index is -1.41. The van der Waals surface area contributed by atoms with Crippen molar-refractivity contribution >= 4 is 23.7 Å². The molecule has 2 aromatic rings. The highest BCUT2D eigenvalue weighted by Crippen LogP contribution is 2.55. The summed E-state index contributed by atoms with van der Waals surface area (Å²) in [5.74, 6) is -3.81. The van der Waals surface area contributed by atoms with Crippen LogP contribution in [0.2, 0.25) is 0 Å². The molecule has 2 N–H and O–H groups in total. The van der Waals surface area contributed by atoms with Crippen molar-refractivity contribution in [3.63, 3.8) is 0 Å². The summed E-state index contributed by atoms with van der Waals surface area (Å²) >= 11 is 0. The molecule has 0 unspecified atom stereocenters. The fraction of sp³-hybridized carbons (Fsp3) is 0.429. The molecule has 1 spiro atoms. The summed E-state index contributed by atoms with van der Waals surface area (Å²) in [6.45, 7) is 0.0859. The number of benzene rings is 2. The molecule has 46 heavy (non-hydrogen) atoms. The minimum Gasteiger partial charge on any atom is -0.455 e. The number of likely N-dealkylation sites (tertiary alicyclic amines) is 1. The number of carbonyl (C=O) groups is 4. The van der Waals surface area contributed by atoms with Gasteiger partial charge in [-0.15, -0.1) is 0 Å². The van der Waals surface area contributed by atoms with Gasteiger partial charge in [-0.3, -0.25) is 19.2 Å². The van der Waals surface area contributed by atoms with E-state index in [9.17, 15) is 24.3 Å². The molecule has 11 nitrogen and oxygen atoms in total. The molecule has 11 heteroatoms. The standard InChI is InChI=1S/C35H39N3O8/c1-44-22-25-30(24-13-7-3-8-14-24)45-34(43)28-26-16-17-35(46-26)29(28)32(41)38(19-20-39)31(35)33(42)37(21-23-11-5-2-6-12-23)18-10-4-9-15-27(40)36-25/h2-8,10-14,16-17,25-26,28-31,39H,9,15,18-22H2,1H3,(H,36,40)/b10-4-/t25-,26+,28-,29-,30-,31+,35-/m0/s1. The number of esters is 1. The van der Waals surface area contributed by atoms with Crippen LogP contribution in [-0.2, 0) is 39.9 Å². The first-order chi connectivity index (χ1) is 22.4. The maximum atomic E-state index is 14.6. The number of amides is 3. The summed E-state index contributed by atoms with van der Waals surface area (Å²) in [7, 11) is 1.50. The lowest BCUT2D eigenvalue weighted by Gasteiger charge is -2.35. The van der Waals surface area contributed by atoms with Crippen LogP contribution in [0.3, 0.4) is 0 Å². The third kappa shape index (κ3) is 5.86. The smallest absolute Gasteiger partial charge is 0.313 e. The molecule has 0 radical (unpaired) electrons. The van der Waals surface area contributed by atoms with E-state index in [1.54, 1.807) is 29.2 Å². The first-order valence-corrected chi connectivity index (χ1v) is 15.7. The third-order valence-electron chi connectivity index (χ3n) is 9.21. The van der Waals surface area contributed by atoms with Gasteiger partial charge in [0.25, 0.3) is 0 Å². The van der Waals surface area contributed by atoms with Gasteiger partial charge in [-0.2, -0.15) is 0 Å². The second kappa shape index (κ2) is 13.6. The van der Waals surface area contributed by atoms with E-state index in [4.69, 9.17) is 14.2 Å². The third-order valence-corrected chi connectivity index (χ3v) is 9.21. The highest BCUT2D eigenvalue weighted by Gasteiger charge is 2.73. The van der Waals surface area contributed by atoms with Crippen LogP contribution in [0.5, 0.6) is 0 Å². The second-order valence-electron chi connectivity index (χ2n) is 12.1. The average Bonchev–Trinajstić information content (AvgIpc) is 3.70. The molecule has 4 aliphatic rings. The van der Waals surface area contributed by atoms with E-state index in [1.807, 2.05) is 60.7 Å². The number of aliphatic hydroxyl groups excluding tert-OH is 1. The van der Waals surface area contributed by atoms with Crippen molar-refractivity contribution in [3.8, 4) is 0 Å². The number of nitrogens with one attached hydrogen (secondary N) is 1. The molecule has 2 fully saturated rings. The summed E-state index contributed by atoms with van der Waals surface area (Å²) in [6.07, 6.45) is 6.02. The number of aliphatic hydroxyl groups is 1. The zero-order chi connectivity index (χ0) is 32.3. The molecule has 4 aliphatic heterocycles. The molecule has 2 aromatic carbocycles. The lowest BCUT2D eigenvalue weighted by molar-refractivity contribution is -0.162. The van der Waals surface area contributed by atoms with Crippen LogP contribution in [0.25, 0.3) is 0 Å². The van der Waals surface area contributed by atoms with E-state index in [0.29, 0.717) is 12.0 Å². The number of nitrogens with zero attached hydrogens (tertiary/aromatic N) is 2. The normalized spacial score (nSPS) is 32.0. The minimum absolute atomic E-state index is 0.0700. The van der Waals surface area contributed by atoms with Crippen molar-refractivity contribution in [3.05, 3.63) is 96.1 Å². The molecule has 2 saturated heterocycles. The van der Waals surface area contributed by atoms with Gasteiger partial charge in [0, 0.05) is 33.2 Å².